The lowest BCUT2D eigenvalue weighted by molar-refractivity contribution is 0.0473. The molecule has 16 heavy (non-hydrogen) atoms. The van der Waals surface area contributed by atoms with Crippen molar-refractivity contribution in [2.45, 2.75) is 26.1 Å². The minimum Gasteiger partial charge on any atom is -0.454 e. The third kappa shape index (κ3) is 1.51. The van der Waals surface area contributed by atoms with E-state index in [0.29, 0.717) is 0 Å². The summed E-state index contributed by atoms with van der Waals surface area (Å²) < 4.78 is 31.2. The van der Waals surface area contributed by atoms with Crippen molar-refractivity contribution in [3.05, 3.63) is 0 Å². The Hall–Kier alpha value is -1.05. The van der Waals surface area contributed by atoms with Gasteiger partial charge < -0.3 is 14.0 Å². The Kier molecular flexibility index (Phi) is 3.06. The van der Waals surface area contributed by atoms with Crippen molar-refractivity contribution in [3.63, 3.8) is 0 Å². The first kappa shape index (κ1) is 13.0. The summed E-state index contributed by atoms with van der Waals surface area (Å²) in [5, 5.41) is 7.64. The lowest BCUT2D eigenvalue weighted by atomic mass is 9.89. The molecule has 0 aromatic rings. The van der Waals surface area contributed by atoms with Gasteiger partial charge in [-0.2, -0.15) is 5.26 Å². The highest BCUT2D eigenvalue weighted by molar-refractivity contribution is 7.60. The second kappa shape index (κ2) is 3.76. The fraction of sp³-hybridized carbons (Fsp3) is 0.778. The van der Waals surface area contributed by atoms with Crippen LogP contribution < -0.4 is 0 Å². The summed E-state index contributed by atoms with van der Waals surface area (Å²) in [6, 6.07) is 1.92. The van der Waals surface area contributed by atoms with E-state index in [1.807, 2.05) is 6.07 Å². The van der Waals surface area contributed by atoms with Crippen molar-refractivity contribution < 1.29 is 18.6 Å². The summed E-state index contributed by atoms with van der Waals surface area (Å²) in [5.41, 5.74) is -0.725. The Bertz CT molecular complexity index is 407. The van der Waals surface area contributed by atoms with Crippen LogP contribution in [0, 0.1) is 16.7 Å². The topological polar surface area (TPSA) is 80.9 Å². The molecular formula is C9H15N2O4P. The van der Waals surface area contributed by atoms with Crippen LogP contribution >= 0.6 is 7.52 Å². The second-order valence-corrected chi connectivity index (χ2v) is 6.62. The molecule has 1 heterocycles. The molecule has 0 spiro atoms. The van der Waals surface area contributed by atoms with E-state index in [-0.39, 0.29) is 6.08 Å². The van der Waals surface area contributed by atoms with Gasteiger partial charge >= 0.3 is 13.6 Å². The Labute approximate surface area is 94.7 Å². The van der Waals surface area contributed by atoms with E-state index in [9.17, 15) is 9.83 Å². The standard InChI is InChI=1S/C9H15N2O4P/c1-8(2,3)9(6-10)15-7(13-4)11-16(9,12)14-5/h1-5H3/t9-,16-/m1/s1. The maximum Gasteiger partial charge on any atom is 0.393 e. The molecule has 0 saturated heterocycles. The average Bonchev–Trinajstić information content (AvgIpc) is 2.52. The van der Waals surface area contributed by atoms with E-state index in [1.165, 1.54) is 14.2 Å². The van der Waals surface area contributed by atoms with Gasteiger partial charge in [0.2, 0.25) is 0 Å². The van der Waals surface area contributed by atoms with Crippen LogP contribution in [0.1, 0.15) is 20.8 Å². The fourth-order valence-electron chi connectivity index (χ4n) is 1.46. The van der Waals surface area contributed by atoms with Gasteiger partial charge in [-0.3, -0.25) is 4.57 Å². The Morgan fingerprint density at radius 1 is 1.50 bits per heavy atom. The van der Waals surface area contributed by atoms with Crippen molar-refractivity contribution in [1.29, 1.82) is 5.26 Å². The molecule has 0 radical (unpaired) electrons. The van der Waals surface area contributed by atoms with Gasteiger partial charge in [-0.25, -0.2) is 0 Å². The van der Waals surface area contributed by atoms with E-state index in [4.69, 9.17) is 14.0 Å². The highest BCUT2D eigenvalue weighted by Gasteiger charge is 2.65. The highest BCUT2D eigenvalue weighted by Crippen LogP contribution is 2.69. The number of ether oxygens (including phenoxy) is 2. The first-order valence-electron chi connectivity index (χ1n) is 4.66. The molecule has 0 aromatic heterocycles. The summed E-state index contributed by atoms with van der Waals surface area (Å²) >= 11 is 0. The van der Waals surface area contributed by atoms with Gasteiger partial charge in [0, 0.05) is 12.5 Å². The molecule has 0 fully saturated rings. The van der Waals surface area contributed by atoms with Crippen LogP contribution in [0.4, 0.5) is 0 Å². The quantitative estimate of drug-likeness (QED) is 0.662. The molecule has 0 aromatic carbocycles. The monoisotopic (exact) mass is 246 g/mol. The van der Waals surface area contributed by atoms with Crippen LogP contribution in [0.3, 0.4) is 0 Å². The molecule has 2 atom stereocenters. The van der Waals surface area contributed by atoms with Gasteiger partial charge in [0.05, 0.1) is 7.11 Å². The smallest absolute Gasteiger partial charge is 0.393 e. The number of rotatable bonds is 1. The zero-order chi connectivity index (χ0) is 12.6. The summed E-state index contributed by atoms with van der Waals surface area (Å²) in [7, 11) is -1.04. The van der Waals surface area contributed by atoms with Gasteiger partial charge in [-0.15, -0.1) is 4.76 Å². The third-order valence-electron chi connectivity index (χ3n) is 2.44. The molecule has 1 aliphatic heterocycles. The highest BCUT2D eigenvalue weighted by atomic mass is 31.2. The number of hydrogen-bond acceptors (Lipinski definition) is 5. The van der Waals surface area contributed by atoms with Crippen LogP contribution in [0.25, 0.3) is 0 Å². The van der Waals surface area contributed by atoms with E-state index < -0.39 is 18.3 Å². The SMILES string of the molecule is COC1=N[P@](=O)(OC)[C@](C#N)(C(C)(C)C)O1. The van der Waals surface area contributed by atoms with Crippen LogP contribution in [-0.4, -0.2) is 25.6 Å². The number of nitrogens with zero attached hydrogens (tertiary/aromatic N) is 2. The fourth-order valence-corrected chi connectivity index (χ4v) is 3.45. The molecule has 0 amide bonds. The minimum absolute atomic E-state index is 0.179. The zero-order valence-electron chi connectivity index (χ0n) is 9.97. The number of hydrogen-bond donors (Lipinski definition) is 0. The molecule has 0 aliphatic carbocycles. The number of nitriles is 1. The van der Waals surface area contributed by atoms with E-state index >= 15 is 0 Å². The normalized spacial score (nSPS) is 33.9. The van der Waals surface area contributed by atoms with Gasteiger partial charge in [-0.1, -0.05) is 20.8 Å². The van der Waals surface area contributed by atoms with Gasteiger partial charge in [0.25, 0.3) is 5.34 Å². The maximum atomic E-state index is 12.4. The largest absolute Gasteiger partial charge is 0.454 e. The summed E-state index contributed by atoms with van der Waals surface area (Å²) in [4.78, 5) is 0. The van der Waals surface area contributed by atoms with Gasteiger partial charge in [-0.05, 0) is 0 Å². The molecule has 90 valence electrons. The maximum absolute atomic E-state index is 12.4. The molecule has 0 unspecified atom stereocenters. The van der Waals surface area contributed by atoms with Crippen molar-refractivity contribution in [1.82, 2.24) is 0 Å². The van der Waals surface area contributed by atoms with Crippen LogP contribution in [0.5, 0.6) is 0 Å². The minimum atomic E-state index is -3.61. The van der Waals surface area contributed by atoms with Crippen molar-refractivity contribution in [3.8, 4) is 6.07 Å². The molecule has 0 saturated carbocycles. The van der Waals surface area contributed by atoms with Gasteiger partial charge in [0.15, 0.2) is 0 Å². The van der Waals surface area contributed by atoms with Crippen molar-refractivity contribution >= 4 is 13.6 Å². The van der Waals surface area contributed by atoms with E-state index in [0.717, 1.165) is 0 Å². The lowest BCUT2D eigenvalue weighted by Gasteiger charge is -2.35. The summed E-state index contributed by atoms with van der Waals surface area (Å²) in [6.45, 7) is 5.20. The predicted molar refractivity (Wildman–Crippen MR) is 57.9 cm³/mol. The third-order valence-corrected chi connectivity index (χ3v) is 5.02. The van der Waals surface area contributed by atoms with Crippen LogP contribution in [0.2, 0.25) is 0 Å². The second-order valence-electron chi connectivity index (χ2n) is 4.38. The van der Waals surface area contributed by atoms with Gasteiger partial charge in [0.1, 0.15) is 6.07 Å². The Morgan fingerprint density at radius 2 is 2.06 bits per heavy atom. The summed E-state index contributed by atoms with van der Waals surface area (Å²) in [5.74, 6) is 0. The molecule has 0 bridgehead atoms. The number of methoxy groups -OCH3 is 1. The molecule has 1 aliphatic rings. The van der Waals surface area contributed by atoms with E-state index in [2.05, 4.69) is 4.76 Å². The molecule has 0 N–H and O–H groups in total. The Balaban J connectivity index is 3.37. The van der Waals surface area contributed by atoms with Crippen molar-refractivity contribution in [2.75, 3.05) is 14.2 Å². The van der Waals surface area contributed by atoms with E-state index in [1.54, 1.807) is 20.8 Å². The summed E-state index contributed by atoms with van der Waals surface area (Å²) in [6.07, 6.45) is -0.179. The Morgan fingerprint density at radius 3 is 2.31 bits per heavy atom. The molecule has 7 heteroatoms. The first-order chi connectivity index (χ1) is 7.26. The molecule has 6 nitrogen and oxygen atoms in total. The average molecular weight is 246 g/mol. The predicted octanol–water partition coefficient (Wildman–Crippen LogP) is 2.12. The van der Waals surface area contributed by atoms with Crippen molar-refractivity contribution in [2.24, 2.45) is 10.2 Å². The van der Waals surface area contributed by atoms with Crippen LogP contribution in [0.15, 0.2) is 4.76 Å². The lowest BCUT2D eigenvalue weighted by Crippen LogP contribution is -2.42. The zero-order valence-corrected chi connectivity index (χ0v) is 10.9. The molecular weight excluding hydrogens is 231 g/mol. The molecule has 1 rings (SSSR count). The first-order valence-corrected chi connectivity index (χ1v) is 6.24. The van der Waals surface area contributed by atoms with Crippen LogP contribution in [-0.2, 0) is 18.6 Å².